The molecule has 0 saturated heterocycles. The Morgan fingerprint density at radius 1 is 1.21 bits per heavy atom. The van der Waals surface area contributed by atoms with Crippen molar-refractivity contribution < 1.29 is 9.59 Å². The summed E-state index contributed by atoms with van der Waals surface area (Å²) in [6.45, 7) is 3.91. The number of benzene rings is 1. The first-order chi connectivity index (χ1) is 13.5. The number of hydrazine groups is 1. The summed E-state index contributed by atoms with van der Waals surface area (Å²) in [5.41, 5.74) is 6.12. The average molecular weight is 376 g/mol. The van der Waals surface area contributed by atoms with E-state index in [9.17, 15) is 9.59 Å². The molecule has 8 nitrogen and oxygen atoms in total. The number of carbonyl (C=O) groups excluding carboxylic acids is 2. The fourth-order valence-electron chi connectivity index (χ4n) is 3.05. The minimum Gasteiger partial charge on any atom is -0.344 e. The van der Waals surface area contributed by atoms with Gasteiger partial charge in [-0.2, -0.15) is 0 Å². The fraction of sp³-hybridized carbons (Fsp3) is 0.200. The molecule has 142 valence electrons. The Labute approximate surface area is 161 Å². The molecular formula is C20H20N6O2. The SMILES string of the molecule is Cc1cccn2cc(CNC(=O)C3=NC(C)C(=O)N(c4ccccc4)N3)nc12. The lowest BCUT2D eigenvalue weighted by atomic mass is 10.2. The number of para-hydroxylation sites is 1. The Morgan fingerprint density at radius 3 is 2.75 bits per heavy atom. The third-order valence-electron chi connectivity index (χ3n) is 4.51. The van der Waals surface area contributed by atoms with Gasteiger partial charge < -0.3 is 9.72 Å². The van der Waals surface area contributed by atoms with E-state index in [4.69, 9.17) is 0 Å². The van der Waals surface area contributed by atoms with Crippen LogP contribution in [-0.4, -0.2) is 33.1 Å². The fourth-order valence-corrected chi connectivity index (χ4v) is 3.05. The van der Waals surface area contributed by atoms with Crippen LogP contribution in [0.3, 0.4) is 0 Å². The number of carbonyl (C=O) groups is 2. The van der Waals surface area contributed by atoms with Crippen molar-refractivity contribution in [3.8, 4) is 0 Å². The maximum absolute atomic E-state index is 12.6. The number of aryl methyl sites for hydroxylation is 1. The zero-order valence-electron chi connectivity index (χ0n) is 15.6. The molecule has 0 fully saturated rings. The molecule has 4 rings (SSSR count). The van der Waals surface area contributed by atoms with E-state index >= 15 is 0 Å². The quantitative estimate of drug-likeness (QED) is 0.724. The molecule has 2 amide bonds. The van der Waals surface area contributed by atoms with E-state index < -0.39 is 11.9 Å². The number of nitrogens with one attached hydrogen (secondary N) is 2. The summed E-state index contributed by atoms with van der Waals surface area (Å²) in [5.74, 6) is -0.525. The molecule has 1 unspecified atom stereocenters. The monoisotopic (exact) mass is 376 g/mol. The molecule has 0 bridgehead atoms. The number of fused-ring (bicyclic) bond motifs is 1. The summed E-state index contributed by atoms with van der Waals surface area (Å²) in [6.07, 6.45) is 3.79. The van der Waals surface area contributed by atoms with Crippen LogP contribution in [0.4, 0.5) is 5.69 Å². The number of amidine groups is 1. The van der Waals surface area contributed by atoms with Gasteiger partial charge >= 0.3 is 0 Å². The Kier molecular flexibility index (Phi) is 4.52. The van der Waals surface area contributed by atoms with Crippen molar-refractivity contribution in [1.29, 1.82) is 0 Å². The number of hydrogen-bond acceptors (Lipinski definition) is 5. The summed E-state index contributed by atoms with van der Waals surface area (Å²) >= 11 is 0. The second-order valence-electron chi connectivity index (χ2n) is 6.61. The van der Waals surface area contributed by atoms with Crippen molar-refractivity contribution in [1.82, 2.24) is 20.1 Å². The molecule has 3 heterocycles. The second-order valence-corrected chi connectivity index (χ2v) is 6.61. The lowest BCUT2D eigenvalue weighted by Crippen LogP contribution is -2.57. The third-order valence-corrected chi connectivity index (χ3v) is 4.51. The Morgan fingerprint density at radius 2 is 2.00 bits per heavy atom. The number of amides is 2. The topological polar surface area (TPSA) is 91.1 Å². The first-order valence-electron chi connectivity index (χ1n) is 8.98. The van der Waals surface area contributed by atoms with Gasteiger partial charge in [0.05, 0.1) is 17.9 Å². The maximum Gasteiger partial charge on any atom is 0.288 e. The first-order valence-corrected chi connectivity index (χ1v) is 8.98. The average Bonchev–Trinajstić information content (AvgIpc) is 3.13. The number of hydrogen-bond donors (Lipinski definition) is 2. The number of aliphatic imine (C=N–C) groups is 1. The molecule has 0 radical (unpaired) electrons. The normalized spacial score (nSPS) is 16.6. The highest BCUT2D eigenvalue weighted by atomic mass is 16.2. The molecule has 1 atom stereocenters. The summed E-state index contributed by atoms with van der Waals surface area (Å²) in [7, 11) is 0. The predicted octanol–water partition coefficient (Wildman–Crippen LogP) is 1.60. The van der Waals surface area contributed by atoms with Crippen LogP contribution >= 0.6 is 0 Å². The van der Waals surface area contributed by atoms with Gasteiger partial charge in [-0.3, -0.25) is 15.0 Å². The lowest BCUT2D eigenvalue weighted by Gasteiger charge is -2.30. The molecule has 2 N–H and O–H groups in total. The van der Waals surface area contributed by atoms with Gasteiger partial charge in [-0.25, -0.2) is 15.0 Å². The summed E-state index contributed by atoms with van der Waals surface area (Å²) in [5, 5.41) is 4.16. The highest BCUT2D eigenvalue weighted by Gasteiger charge is 2.30. The van der Waals surface area contributed by atoms with Crippen LogP contribution in [0.15, 0.2) is 59.9 Å². The predicted molar refractivity (Wildman–Crippen MR) is 106 cm³/mol. The lowest BCUT2D eigenvalue weighted by molar-refractivity contribution is -0.120. The highest BCUT2D eigenvalue weighted by Crippen LogP contribution is 2.16. The minimum atomic E-state index is -0.653. The van der Waals surface area contributed by atoms with Crippen LogP contribution in [0.25, 0.3) is 5.65 Å². The number of aromatic nitrogens is 2. The Balaban J connectivity index is 1.48. The standard InChI is InChI=1S/C20H20N6O2/c1-13-7-6-10-25-12-15(23-18(13)25)11-21-19(27)17-22-14(2)20(28)26(24-17)16-8-4-3-5-9-16/h3-10,12,14H,11H2,1-2H3,(H,21,27)(H,22,24). The number of pyridine rings is 1. The molecule has 0 spiro atoms. The second kappa shape index (κ2) is 7.15. The summed E-state index contributed by atoms with van der Waals surface area (Å²) < 4.78 is 1.92. The van der Waals surface area contributed by atoms with Crippen molar-refractivity contribution in [2.75, 3.05) is 5.01 Å². The third kappa shape index (κ3) is 3.32. The van der Waals surface area contributed by atoms with Gasteiger partial charge in [-0.05, 0) is 37.6 Å². The summed E-state index contributed by atoms with van der Waals surface area (Å²) in [4.78, 5) is 33.7. The molecule has 1 aliphatic heterocycles. The Bertz CT molecular complexity index is 1070. The van der Waals surface area contributed by atoms with Gasteiger partial charge in [-0.1, -0.05) is 24.3 Å². The van der Waals surface area contributed by atoms with E-state index in [2.05, 4.69) is 20.7 Å². The van der Waals surface area contributed by atoms with Crippen LogP contribution in [0.1, 0.15) is 18.2 Å². The maximum atomic E-state index is 12.6. The Hall–Kier alpha value is -3.68. The molecule has 0 aliphatic carbocycles. The molecule has 8 heteroatoms. The van der Waals surface area contributed by atoms with E-state index in [-0.39, 0.29) is 18.3 Å². The molecule has 3 aromatic rings. The van der Waals surface area contributed by atoms with Gasteiger partial charge in [0.25, 0.3) is 11.8 Å². The van der Waals surface area contributed by atoms with Gasteiger partial charge in [0, 0.05) is 12.4 Å². The van der Waals surface area contributed by atoms with Gasteiger partial charge in [0.2, 0.25) is 5.84 Å². The van der Waals surface area contributed by atoms with Crippen LogP contribution < -0.4 is 15.8 Å². The van der Waals surface area contributed by atoms with E-state index in [1.165, 1.54) is 5.01 Å². The molecular weight excluding hydrogens is 356 g/mol. The van der Waals surface area contributed by atoms with Gasteiger partial charge in [0.1, 0.15) is 11.7 Å². The van der Waals surface area contributed by atoms with Crippen LogP contribution in [0, 0.1) is 6.92 Å². The number of nitrogens with zero attached hydrogens (tertiary/aromatic N) is 4. The zero-order chi connectivity index (χ0) is 19.7. The van der Waals surface area contributed by atoms with E-state index in [0.717, 1.165) is 16.9 Å². The first kappa shape index (κ1) is 17.7. The minimum absolute atomic E-state index is 0.0934. The van der Waals surface area contributed by atoms with Gasteiger partial charge in [-0.15, -0.1) is 0 Å². The van der Waals surface area contributed by atoms with Crippen LogP contribution in [0.5, 0.6) is 0 Å². The van der Waals surface area contributed by atoms with Crippen molar-refractivity contribution in [3.63, 3.8) is 0 Å². The van der Waals surface area contributed by atoms with Crippen molar-refractivity contribution in [3.05, 3.63) is 66.1 Å². The van der Waals surface area contributed by atoms with Crippen LogP contribution in [0.2, 0.25) is 0 Å². The summed E-state index contributed by atoms with van der Waals surface area (Å²) in [6, 6.07) is 12.4. The van der Waals surface area contributed by atoms with Crippen molar-refractivity contribution in [2.24, 2.45) is 4.99 Å². The highest BCUT2D eigenvalue weighted by molar-refractivity contribution is 6.39. The number of anilines is 1. The largest absolute Gasteiger partial charge is 0.344 e. The van der Waals surface area contributed by atoms with Crippen molar-refractivity contribution in [2.45, 2.75) is 26.4 Å². The zero-order valence-corrected chi connectivity index (χ0v) is 15.6. The molecule has 2 aromatic heterocycles. The van der Waals surface area contributed by atoms with E-state index in [1.54, 1.807) is 19.1 Å². The van der Waals surface area contributed by atoms with E-state index in [0.29, 0.717) is 5.69 Å². The van der Waals surface area contributed by atoms with E-state index in [1.807, 2.05) is 54.0 Å². The van der Waals surface area contributed by atoms with Gasteiger partial charge in [0.15, 0.2) is 0 Å². The van der Waals surface area contributed by atoms with Crippen LogP contribution in [-0.2, 0) is 16.1 Å². The number of imidazole rings is 1. The molecule has 28 heavy (non-hydrogen) atoms. The molecule has 1 aromatic carbocycles. The molecule has 0 saturated carbocycles. The smallest absolute Gasteiger partial charge is 0.288 e. The molecule has 1 aliphatic rings. The number of rotatable bonds is 4. The van der Waals surface area contributed by atoms with Crippen molar-refractivity contribution >= 4 is 29.0 Å².